The largest absolute Gasteiger partial charge is 0.314 e. The predicted molar refractivity (Wildman–Crippen MR) is 47.8 cm³/mol. The highest BCUT2D eigenvalue weighted by Crippen LogP contribution is 1.93. The normalized spacial score (nSPS) is 13.2. The van der Waals surface area contributed by atoms with E-state index in [4.69, 9.17) is 0 Å². The zero-order valence-electron chi connectivity index (χ0n) is 7.70. The zero-order chi connectivity index (χ0) is 8.81. The van der Waals surface area contributed by atoms with E-state index in [2.05, 4.69) is 29.2 Å². The monoisotopic (exact) mass is 168 g/mol. The third kappa shape index (κ3) is 3.00. The molecule has 0 radical (unpaired) electrons. The van der Waals surface area contributed by atoms with Gasteiger partial charge >= 0.3 is 0 Å². The lowest BCUT2D eigenvalue weighted by Crippen LogP contribution is -2.26. The molecule has 12 heavy (non-hydrogen) atoms. The standard InChI is InChI=1S/C8H16N4/c1-3-10-8(2)4-5-12-7-9-6-11-12/h6-8,10H,3-5H2,1-2H3. The van der Waals surface area contributed by atoms with Crippen LogP contribution in [0.1, 0.15) is 20.3 Å². The Hall–Kier alpha value is -0.900. The molecule has 4 heteroatoms. The van der Waals surface area contributed by atoms with Crippen molar-refractivity contribution in [3.05, 3.63) is 12.7 Å². The molecular formula is C8H16N4. The van der Waals surface area contributed by atoms with Crippen LogP contribution >= 0.6 is 0 Å². The summed E-state index contributed by atoms with van der Waals surface area (Å²) in [6.45, 7) is 6.26. The van der Waals surface area contributed by atoms with Crippen LogP contribution in [0, 0.1) is 0 Å². The molecule has 0 amide bonds. The Kier molecular flexibility index (Phi) is 3.73. The lowest BCUT2D eigenvalue weighted by molar-refractivity contribution is 0.467. The van der Waals surface area contributed by atoms with E-state index >= 15 is 0 Å². The molecule has 1 unspecified atom stereocenters. The summed E-state index contributed by atoms with van der Waals surface area (Å²) in [5.74, 6) is 0. The Morgan fingerprint density at radius 2 is 2.42 bits per heavy atom. The first kappa shape index (κ1) is 9.19. The first-order valence-electron chi connectivity index (χ1n) is 4.38. The predicted octanol–water partition coefficient (Wildman–Crippen LogP) is 0.666. The lowest BCUT2D eigenvalue weighted by Gasteiger charge is -2.10. The van der Waals surface area contributed by atoms with Crippen molar-refractivity contribution in [3.8, 4) is 0 Å². The van der Waals surface area contributed by atoms with Gasteiger partial charge in [0, 0.05) is 12.6 Å². The van der Waals surface area contributed by atoms with Gasteiger partial charge < -0.3 is 5.32 Å². The van der Waals surface area contributed by atoms with E-state index in [0.717, 1.165) is 19.5 Å². The third-order valence-corrected chi connectivity index (χ3v) is 1.81. The van der Waals surface area contributed by atoms with Crippen LogP contribution in [-0.4, -0.2) is 27.4 Å². The molecule has 0 bridgehead atoms. The van der Waals surface area contributed by atoms with Crippen molar-refractivity contribution in [2.75, 3.05) is 6.54 Å². The number of hydrogen-bond acceptors (Lipinski definition) is 3. The Balaban J connectivity index is 2.17. The summed E-state index contributed by atoms with van der Waals surface area (Å²) in [5, 5.41) is 7.37. The number of nitrogens with one attached hydrogen (secondary N) is 1. The molecular weight excluding hydrogens is 152 g/mol. The van der Waals surface area contributed by atoms with Gasteiger partial charge in [-0.1, -0.05) is 6.92 Å². The van der Waals surface area contributed by atoms with Crippen molar-refractivity contribution in [2.24, 2.45) is 0 Å². The van der Waals surface area contributed by atoms with E-state index in [1.165, 1.54) is 0 Å². The van der Waals surface area contributed by atoms with Crippen molar-refractivity contribution >= 4 is 0 Å². The first-order chi connectivity index (χ1) is 5.83. The van der Waals surface area contributed by atoms with E-state index in [1.807, 2.05) is 4.68 Å². The second kappa shape index (κ2) is 4.87. The first-order valence-corrected chi connectivity index (χ1v) is 4.38. The average molecular weight is 168 g/mol. The van der Waals surface area contributed by atoms with Gasteiger partial charge in [-0.3, -0.25) is 4.68 Å². The topological polar surface area (TPSA) is 42.7 Å². The minimum Gasteiger partial charge on any atom is -0.314 e. The Morgan fingerprint density at radius 3 is 3.00 bits per heavy atom. The van der Waals surface area contributed by atoms with Gasteiger partial charge in [-0.2, -0.15) is 5.10 Å². The summed E-state index contributed by atoms with van der Waals surface area (Å²) >= 11 is 0. The average Bonchev–Trinajstić information content (AvgIpc) is 2.53. The molecule has 1 N–H and O–H groups in total. The summed E-state index contributed by atoms with van der Waals surface area (Å²) in [4.78, 5) is 3.88. The minimum atomic E-state index is 0.555. The van der Waals surface area contributed by atoms with E-state index in [-0.39, 0.29) is 0 Å². The Labute approximate surface area is 73.0 Å². The van der Waals surface area contributed by atoms with Crippen LogP contribution in [-0.2, 0) is 6.54 Å². The highest BCUT2D eigenvalue weighted by atomic mass is 15.3. The summed E-state index contributed by atoms with van der Waals surface area (Å²) < 4.78 is 1.86. The van der Waals surface area contributed by atoms with Crippen molar-refractivity contribution in [2.45, 2.75) is 32.9 Å². The SMILES string of the molecule is CCNC(C)CCn1cncn1. The molecule has 1 aromatic heterocycles. The quantitative estimate of drug-likeness (QED) is 0.702. The van der Waals surface area contributed by atoms with Gasteiger partial charge in [-0.15, -0.1) is 0 Å². The van der Waals surface area contributed by atoms with Crippen molar-refractivity contribution in [1.82, 2.24) is 20.1 Å². The molecule has 0 spiro atoms. The molecule has 68 valence electrons. The van der Waals surface area contributed by atoms with Crippen molar-refractivity contribution < 1.29 is 0 Å². The second-order valence-corrected chi connectivity index (χ2v) is 2.91. The van der Waals surface area contributed by atoms with Gasteiger partial charge in [0.25, 0.3) is 0 Å². The van der Waals surface area contributed by atoms with Crippen LogP contribution in [0.5, 0.6) is 0 Å². The maximum absolute atomic E-state index is 4.03. The summed E-state index contributed by atoms with van der Waals surface area (Å²) in [5.41, 5.74) is 0. The van der Waals surface area contributed by atoms with Crippen LogP contribution in [0.3, 0.4) is 0 Å². The van der Waals surface area contributed by atoms with E-state index in [9.17, 15) is 0 Å². The van der Waals surface area contributed by atoms with Crippen molar-refractivity contribution in [1.29, 1.82) is 0 Å². The number of aromatic nitrogens is 3. The Bertz CT molecular complexity index is 195. The third-order valence-electron chi connectivity index (χ3n) is 1.81. The zero-order valence-corrected chi connectivity index (χ0v) is 7.70. The molecule has 0 aliphatic carbocycles. The van der Waals surface area contributed by atoms with Gasteiger partial charge in [0.2, 0.25) is 0 Å². The van der Waals surface area contributed by atoms with E-state index in [1.54, 1.807) is 12.7 Å². The fourth-order valence-electron chi connectivity index (χ4n) is 1.12. The maximum atomic E-state index is 4.03. The molecule has 0 aliphatic heterocycles. The maximum Gasteiger partial charge on any atom is 0.137 e. The summed E-state index contributed by atoms with van der Waals surface area (Å²) in [6, 6.07) is 0.555. The summed E-state index contributed by atoms with van der Waals surface area (Å²) in [6.07, 6.45) is 4.41. The van der Waals surface area contributed by atoms with E-state index < -0.39 is 0 Å². The van der Waals surface area contributed by atoms with Gasteiger partial charge in [0.15, 0.2) is 0 Å². The van der Waals surface area contributed by atoms with Crippen LogP contribution in [0.25, 0.3) is 0 Å². The molecule has 1 aromatic rings. The van der Waals surface area contributed by atoms with Crippen LogP contribution < -0.4 is 5.32 Å². The van der Waals surface area contributed by atoms with Crippen LogP contribution in [0.2, 0.25) is 0 Å². The van der Waals surface area contributed by atoms with Gasteiger partial charge in [-0.05, 0) is 19.9 Å². The number of nitrogens with zero attached hydrogens (tertiary/aromatic N) is 3. The highest BCUT2D eigenvalue weighted by Gasteiger charge is 1.99. The molecule has 1 rings (SSSR count). The Morgan fingerprint density at radius 1 is 1.58 bits per heavy atom. The lowest BCUT2D eigenvalue weighted by atomic mass is 10.2. The number of rotatable bonds is 5. The molecule has 0 saturated heterocycles. The van der Waals surface area contributed by atoms with Crippen LogP contribution in [0.15, 0.2) is 12.7 Å². The molecule has 0 aromatic carbocycles. The summed E-state index contributed by atoms with van der Waals surface area (Å²) in [7, 11) is 0. The number of aryl methyl sites for hydroxylation is 1. The van der Waals surface area contributed by atoms with Gasteiger partial charge in [-0.25, -0.2) is 4.98 Å². The molecule has 1 heterocycles. The fraction of sp³-hybridized carbons (Fsp3) is 0.750. The molecule has 4 nitrogen and oxygen atoms in total. The number of hydrogen-bond donors (Lipinski definition) is 1. The smallest absolute Gasteiger partial charge is 0.137 e. The van der Waals surface area contributed by atoms with Crippen LogP contribution in [0.4, 0.5) is 0 Å². The van der Waals surface area contributed by atoms with Crippen molar-refractivity contribution in [3.63, 3.8) is 0 Å². The molecule has 0 saturated carbocycles. The highest BCUT2D eigenvalue weighted by molar-refractivity contribution is 4.61. The molecule has 0 aliphatic rings. The second-order valence-electron chi connectivity index (χ2n) is 2.91. The fourth-order valence-corrected chi connectivity index (χ4v) is 1.12. The van der Waals surface area contributed by atoms with Gasteiger partial charge in [0.1, 0.15) is 12.7 Å². The van der Waals surface area contributed by atoms with E-state index in [0.29, 0.717) is 6.04 Å². The molecule has 1 atom stereocenters. The minimum absolute atomic E-state index is 0.555. The molecule has 0 fully saturated rings. The van der Waals surface area contributed by atoms with Gasteiger partial charge in [0.05, 0.1) is 0 Å².